The van der Waals surface area contributed by atoms with Crippen LogP contribution in [0.2, 0.25) is 0 Å². The van der Waals surface area contributed by atoms with Crippen LogP contribution < -0.4 is 5.32 Å². The highest BCUT2D eigenvalue weighted by molar-refractivity contribution is 5.22. The summed E-state index contributed by atoms with van der Waals surface area (Å²) in [4.78, 5) is 2.53. The van der Waals surface area contributed by atoms with Crippen molar-refractivity contribution in [2.75, 3.05) is 19.6 Å². The minimum Gasteiger partial charge on any atom is -0.312 e. The summed E-state index contributed by atoms with van der Waals surface area (Å²) in [6.07, 6.45) is 3.56. The van der Waals surface area contributed by atoms with E-state index in [0.717, 1.165) is 26.2 Å². The Bertz CT molecular complexity index is 431. The molecule has 2 heteroatoms. The molecule has 1 aromatic rings. The third-order valence-electron chi connectivity index (χ3n) is 3.72. The summed E-state index contributed by atoms with van der Waals surface area (Å²) in [7, 11) is 0. The number of hydrogen-bond donors (Lipinski definition) is 1. The first kappa shape index (κ1) is 15.3. The Hall–Kier alpha value is -1.12. The number of nitrogens with zero attached hydrogens (tertiary/aromatic N) is 1. The molecule has 0 spiro atoms. The minimum absolute atomic E-state index is 0.713. The van der Waals surface area contributed by atoms with Gasteiger partial charge in [-0.1, -0.05) is 49.8 Å². The Morgan fingerprint density at radius 3 is 2.50 bits per heavy atom. The van der Waals surface area contributed by atoms with Crippen molar-refractivity contribution in [3.63, 3.8) is 0 Å². The van der Waals surface area contributed by atoms with Crippen LogP contribution in [0.4, 0.5) is 0 Å². The molecular formula is C18H28N2. The monoisotopic (exact) mass is 272 g/mol. The van der Waals surface area contributed by atoms with E-state index >= 15 is 0 Å². The fraction of sp³-hybridized carbons (Fsp3) is 0.556. The van der Waals surface area contributed by atoms with Crippen LogP contribution in [0.15, 0.2) is 35.9 Å². The average Bonchev–Trinajstić information content (AvgIpc) is 2.40. The lowest BCUT2D eigenvalue weighted by Gasteiger charge is -2.26. The number of rotatable bonds is 6. The molecule has 2 nitrogen and oxygen atoms in total. The molecule has 0 bridgehead atoms. The lowest BCUT2D eigenvalue weighted by atomic mass is 10.1. The number of benzene rings is 1. The van der Waals surface area contributed by atoms with Crippen LogP contribution >= 0.6 is 0 Å². The van der Waals surface area contributed by atoms with Gasteiger partial charge in [0.1, 0.15) is 0 Å². The standard InChI is InChI=1S/C18H28N2/c1-15(2)11-19-12-17-6-8-18(9-7-17)14-20-10-4-5-16(3)13-20/h5-9,15,19H,4,10-14H2,1-3H3. The topological polar surface area (TPSA) is 15.3 Å². The van der Waals surface area contributed by atoms with E-state index in [1.165, 1.54) is 29.7 Å². The predicted molar refractivity (Wildman–Crippen MR) is 86.6 cm³/mol. The lowest BCUT2D eigenvalue weighted by Crippen LogP contribution is -2.28. The molecule has 1 aliphatic heterocycles. The van der Waals surface area contributed by atoms with Gasteiger partial charge in [-0.2, -0.15) is 0 Å². The molecule has 110 valence electrons. The van der Waals surface area contributed by atoms with Crippen molar-refractivity contribution in [2.24, 2.45) is 5.92 Å². The largest absolute Gasteiger partial charge is 0.312 e. The first-order chi connectivity index (χ1) is 9.63. The van der Waals surface area contributed by atoms with Gasteiger partial charge in [0.25, 0.3) is 0 Å². The van der Waals surface area contributed by atoms with Crippen LogP contribution in [0, 0.1) is 5.92 Å². The number of nitrogens with one attached hydrogen (secondary N) is 1. The van der Waals surface area contributed by atoms with Crippen molar-refractivity contribution in [3.05, 3.63) is 47.0 Å². The van der Waals surface area contributed by atoms with E-state index in [-0.39, 0.29) is 0 Å². The van der Waals surface area contributed by atoms with Crippen LogP contribution in [0.5, 0.6) is 0 Å². The van der Waals surface area contributed by atoms with Gasteiger partial charge in [0.2, 0.25) is 0 Å². The predicted octanol–water partition coefficient (Wildman–Crippen LogP) is 3.58. The van der Waals surface area contributed by atoms with Gasteiger partial charge in [0.15, 0.2) is 0 Å². The summed E-state index contributed by atoms with van der Waals surface area (Å²) in [6, 6.07) is 9.07. The maximum atomic E-state index is 3.49. The maximum absolute atomic E-state index is 3.49. The van der Waals surface area contributed by atoms with Gasteiger partial charge in [0.05, 0.1) is 0 Å². The first-order valence-electron chi connectivity index (χ1n) is 7.80. The SMILES string of the molecule is CC1=CCCN(Cc2ccc(CNCC(C)C)cc2)C1. The second-order valence-corrected chi connectivity index (χ2v) is 6.39. The van der Waals surface area contributed by atoms with Gasteiger partial charge in [0, 0.05) is 26.2 Å². The Morgan fingerprint density at radius 1 is 1.15 bits per heavy atom. The zero-order valence-corrected chi connectivity index (χ0v) is 13.2. The molecule has 0 aromatic heterocycles. The molecule has 0 aliphatic carbocycles. The van der Waals surface area contributed by atoms with Gasteiger partial charge in [-0.25, -0.2) is 0 Å². The Balaban J connectivity index is 1.80. The van der Waals surface area contributed by atoms with Crippen molar-refractivity contribution in [1.82, 2.24) is 10.2 Å². The van der Waals surface area contributed by atoms with Crippen molar-refractivity contribution in [1.29, 1.82) is 0 Å². The third-order valence-corrected chi connectivity index (χ3v) is 3.72. The summed E-state index contributed by atoms with van der Waals surface area (Å²) >= 11 is 0. The maximum Gasteiger partial charge on any atom is 0.0237 e. The van der Waals surface area contributed by atoms with Crippen LogP contribution in [0.25, 0.3) is 0 Å². The molecule has 0 fully saturated rings. The van der Waals surface area contributed by atoms with E-state index in [4.69, 9.17) is 0 Å². The fourth-order valence-corrected chi connectivity index (χ4v) is 2.65. The summed E-state index contributed by atoms with van der Waals surface area (Å²) in [5.74, 6) is 0.713. The molecule has 20 heavy (non-hydrogen) atoms. The van der Waals surface area contributed by atoms with Crippen LogP contribution in [-0.4, -0.2) is 24.5 Å². The Labute approximate surface area is 123 Å². The van der Waals surface area contributed by atoms with Gasteiger partial charge in [-0.15, -0.1) is 0 Å². The summed E-state index contributed by atoms with van der Waals surface area (Å²) in [5, 5.41) is 3.49. The fourth-order valence-electron chi connectivity index (χ4n) is 2.65. The van der Waals surface area contributed by atoms with Crippen molar-refractivity contribution < 1.29 is 0 Å². The summed E-state index contributed by atoms with van der Waals surface area (Å²) in [6.45, 7) is 12.2. The average molecular weight is 272 g/mol. The molecule has 1 N–H and O–H groups in total. The number of hydrogen-bond acceptors (Lipinski definition) is 2. The molecule has 0 radical (unpaired) electrons. The van der Waals surface area contributed by atoms with Crippen LogP contribution in [0.1, 0.15) is 38.3 Å². The highest BCUT2D eigenvalue weighted by Crippen LogP contribution is 2.13. The van der Waals surface area contributed by atoms with Gasteiger partial charge in [-0.05, 0) is 36.9 Å². The van der Waals surface area contributed by atoms with Crippen LogP contribution in [-0.2, 0) is 13.1 Å². The highest BCUT2D eigenvalue weighted by Gasteiger charge is 2.10. The minimum atomic E-state index is 0.713. The second-order valence-electron chi connectivity index (χ2n) is 6.39. The van der Waals surface area contributed by atoms with Crippen molar-refractivity contribution in [2.45, 2.75) is 40.3 Å². The van der Waals surface area contributed by atoms with E-state index < -0.39 is 0 Å². The van der Waals surface area contributed by atoms with E-state index in [1.54, 1.807) is 0 Å². The van der Waals surface area contributed by atoms with Gasteiger partial charge < -0.3 is 5.32 Å². The van der Waals surface area contributed by atoms with Crippen LogP contribution in [0.3, 0.4) is 0 Å². The smallest absolute Gasteiger partial charge is 0.0237 e. The quantitative estimate of drug-likeness (QED) is 0.796. The molecule has 1 heterocycles. The summed E-state index contributed by atoms with van der Waals surface area (Å²) in [5.41, 5.74) is 4.31. The third kappa shape index (κ3) is 5.10. The van der Waals surface area contributed by atoms with Gasteiger partial charge >= 0.3 is 0 Å². The summed E-state index contributed by atoms with van der Waals surface area (Å²) < 4.78 is 0. The zero-order chi connectivity index (χ0) is 14.4. The molecule has 0 saturated carbocycles. The van der Waals surface area contributed by atoms with Crippen molar-refractivity contribution in [3.8, 4) is 0 Å². The molecule has 0 saturated heterocycles. The van der Waals surface area contributed by atoms with Crippen molar-refractivity contribution >= 4 is 0 Å². The van der Waals surface area contributed by atoms with E-state index in [2.05, 4.69) is 61.3 Å². The highest BCUT2D eigenvalue weighted by atomic mass is 15.1. The van der Waals surface area contributed by atoms with Gasteiger partial charge in [-0.3, -0.25) is 4.90 Å². The van der Waals surface area contributed by atoms with E-state index in [1.807, 2.05) is 0 Å². The first-order valence-corrected chi connectivity index (χ1v) is 7.80. The second kappa shape index (κ2) is 7.61. The Kier molecular flexibility index (Phi) is 5.81. The molecule has 0 atom stereocenters. The molecule has 0 amide bonds. The normalized spacial score (nSPS) is 16.5. The molecular weight excluding hydrogens is 244 g/mol. The van der Waals surface area contributed by atoms with E-state index in [9.17, 15) is 0 Å². The lowest BCUT2D eigenvalue weighted by molar-refractivity contribution is 0.282. The molecule has 1 aromatic carbocycles. The molecule has 1 aliphatic rings. The molecule has 0 unspecified atom stereocenters. The van der Waals surface area contributed by atoms with E-state index in [0.29, 0.717) is 5.92 Å². The molecule has 2 rings (SSSR count). The Morgan fingerprint density at radius 2 is 1.85 bits per heavy atom. The zero-order valence-electron chi connectivity index (χ0n) is 13.2.